The fraction of sp³-hybridized carbons (Fsp3) is 0.381. The third kappa shape index (κ3) is 6.90. The van der Waals surface area contributed by atoms with E-state index in [1.807, 2.05) is 29.2 Å². The molecule has 0 aromatic heterocycles. The minimum Gasteiger partial charge on any atom is -0.497 e. The molecule has 10 heteroatoms. The summed E-state index contributed by atoms with van der Waals surface area (Å²) in [4.78, 5) is 14.5. The van der Waals surface area contributed by atoms with Gasteiger partial charge in [0.15, 0.2) is 9.84 Å². The molecule has 3 rings (SSSR count). The Hall–Kier alpha value is -2.72. The number of carbonyl (C=O) groups is 1. The van der Waals surface area contributed by atoms with Crippen molar-refractivity contribution in [1.82, 2.24) is 4.90 Å². The Labute approximate surface area is 179 Å². The first-order valence-electron chi connectivity index (χ1n) is 9.66. The zero-order valence-electron chi connectivity index (χ0n) is 17.0. The van der Waals surface area contributed by atoms with Crippen LogP contribution in [0.15, 0.2) is 48.5 Å². The molecule has 1 saturated heterocycles. The lowest BCUT2D eigenvalue weighted by Gasteiger charge is -2.27. The third-order valence-electron chi connectivity index (χ3n) is 4.98. The van der Waals surface area contributed by atoms with Crippen LogP contribution in [0.25, 0.3) is 0 Å². The van der Waals surface area contributed by atoms with Gasteiger partial charge in [0.1, 0.15) is 11.5 Å². The van der Waals surface area contributed by atoms with Gasteiger partial charge < -0.3 is 14.8 Å². The molecule has 1 atom stereocenters. The summed E-state index contributed by atoms with van der Waals surface area (Å²) in [6.45, 7) is -2.53. The monoisotopic (exact) mass is 454 g/mol. The van der Waals surface area contributed by atoms with Gasteiger partial charge in [0, 0.05) is 18.3 Å². The Morgan fingerprint density at radius 3 is 2.32 bits per heavy atom. The predicted molar refractivity (Wildman–Crippen MR) is 112 cm³/mol. The van der Waals surface area contributed by atoms with Gasteiger partial charge in [-0.05, 0) is 48.4 Å². The smallest absolute Gasteiger partial charge is 0.387 e. The normalized spacial score (nSPS) is 17.6. The molecule has 2 aromatic carbocycles. The van der Waals surface area contributed by atoms with Crippen LogP contribution >= 0.6 is 0 Å². The van der Waals surface area contributed by atoms with E-state index in [0.717, 1.165) is 5.56 Å². The zero-order chi connectivity index (χ0) is 22.4. The summed E-state index contributed by atoms with van der Waals surface area (Å²) in [6.07, 6.45) is 0.464. The molecule has 168 valence electrons. The van der Waals surface area contributed by atoms with E-state index in [-0.39, 0.29) is 35.7 Å². The maximum atomic E-state index is 12.6. The molecule has 0 saturated carbocycles. The van der Waals surface area contributed by atoms with Crippen molar-refractivity contribution in [2.75, 3.05) is 30.5 Å². The first-order chi connectivity index (χ1) is 14.7. The number of nitrogens with zero attached hydrogens (tertiary/aromatic N) is 1. The lowest BCUT2D eigenvalue weighted by Crippen LogP contribution is -2.41. The molecule has 1 fully saturated rings. The van der Waals surface area contributed by atoms with Gasteiger partial charge in [-0.2, -0.15) is 8.78 Å². The quantitative estimate of drug-likeness (QED) is 0.627. The van der Waals surface area contributed by atoms with Gasteiger partial charge in [0.05, 0.1) is 25.2 Å². The molecular formula is C21H24F2N2O5S. The van der Waals surface area contributed by atoms with Crippen LogP contribution in [0.2, 0.25) is 0 Å². The highest BCUT2D eigenvalue weighted by Gasteiger charge is 2.33. The number of alkyl halides is 2. The highest BCUT2D eigenvalue weighted by Crippen LogP contribution is 2.22. The van der Waals surface area contributed by atoms with Gasteiger partial charge in [-0.25, -0.2) is 8.42 Å². The van der Waals surface area contributed by atoms with E-state index in [2.05, 4.69) is 10.1 Å². The van der Waals surface area contributed by atoms with E-state index >= 15 is 0 Å². The molecule has 1 N–H and O–H groups in total. The largest absolute Gasteiger partial charge is 0.497 e. The first-order valence-corrected chi connectivity index (χ1v) is 11.5. The molecule has 2 aromatic rings. The van der Waals surface area contributed by atoms with Gasteiger partial charge in [0.25, 0.3) is 0 Å². The lowest BCUT2D eigenvalue weighted by atomic mass is 10.1. The van der Waals surface area contributed by atoms with Gasteiger partial charge in [-0.3, -0.25) is 9.69 Å². The number of amides is 1. The maximum Gasteiger partial charge on any atom is 0.387 e. The summed E-state index contributed by atoms with van der Waals surface area (Å²) < 4.78 is 57.9. The standard InChI is InChI=1S/C21H24F2N2O5S/c1-29-18-6-2-15(3-7-18)12-25(17-10-11-31(27,28)14-17)13-20(26)24-16-4-8-19(9-5-16)30-21(22)23/h2-9,17,21H,10-14H2,1H3,(H,24,26)/t17-/m1/s1. The van der Waals surface area contributed by atoms with Crippen LogP contribution < -0.4 is 14.8 Å². The van der Waals surface area contributed by atoms with Crippen LogP contribution in [-0.4, -0.2) is 57.0 Å². The number of hydrogen-bond donors (Lipinski definition) is 1. The molecule has 0 spiro atoms. The molecule has 0 aliphatic carbocycles. The van der Waals surface area contributed by atoms with Crippen molar-refractivity contribution in [2.45, 2.75) is 25.6 Å². The van der Waals surface area contributed by atoms with Crippen molar-refractivity contribution in [3.8, 4) is 11.5 Å². The molecule has 1 amide bonds. The van der Waals surface area contributed by atoms with E-state index in [1.165, 1.54) is 24.3 Å². The molecule has 1 aliphatic heterocycles. The van der Waals surface area contributed by atoms with Crippen molar-refractivity contribution in [2.24, 2.45) is 0 Å². The van der Waals surface area contributed by atoms with Crippen LogP contribution in [0.1, 0.15) is 12.0 Å². The minimum absolute atomic E-state index is 0.00899. The number of carbonyl (C=O) groups excluding carboxylic acids is 1. The molecule has 31 heavy (non-hydrogen) atoms. The number of benzene rings is 2. The molecular weight excluding hydrogens is 430 g/mol. The Balaban J connectivity index is 1.67. The maximum absolute atomic E-state index is 12.6. The zero-order valence-corrected chi connectivity index (χ0v) is 17.8. The predicted octanol–water partition coefficient (Wildman–Crippen LogP) is 2.92. The van der Waals surface area contributed by atoms with E-state index in [9.17, 15) is 22.0 Å². The van der Waals surface area contributed by atoms with Crippen LogP contribution in [0.5, 0.6) is 11.5 Å². The van der Waals surface area contributed by atoms with Gasteiger partial charge in [-0.15, -0.1) is 0 Å². The summed E-state index contributed by atoms with van der Waals surface area (Å²) in [7, 11) is -1.55. The van der Waals surface area contributed by atoms with E-state index in [4.69, 9.17) is 4.74 Å². The second kappa shape index (κ2) is 10.1. The Morgan fingerprint density at radius 2 is 1.77 bits per heavy atom. The number of ether oxygens (including phenoxy) is 2. The summed E-state index contributed by atoms with van der Waals surface area (Å²) in [6, 6.07) is 12.7. The second-order valence-electron chi connectivity index (χ2n) is 7.26. The number of rotatable bonds is 9. The molecule has 1 aliphatic rings. The summed E-state index contributed by atoms with van der Waals surface area (Å²) in [5.74, 6) is 0.474. The number of methoxy groups -OCH3 is 1. The highest BCUT2D eigenvalue weighted by molar-refractivity contribution is 7.91. The SMILES string of the molecule is COc1ccc(CN(CC(=O)Nc2ccc(OC(F)F)cc2)[C@@H]2CCS(=O)(=O)C2)cc1. The van der Waals surface area contributed by atoms with Crippen LogP contribution in [0.4, 0.5) is 14.5 Å². The van der Waals surface area contributed by atoms with Gasteiger partial charge >= 0.3 is 6.61 Å². The number of hydrogen-bond acceptors (Lipinski definition) is 6. The number of halogens is 2. The van der Waals surface area contributed by atoms with E-state index in [1.54, 1.807) is 7.11 Å². The summed E-state index contributed by atoms with van der Waals surface area (Å²) in [5, 5.41) is 2.71. The third-order valence-corrected chi connectivity index (χ3v) is 6.73. The topological polar surface area (TPSA) is 84.9 Å². The minimum atomic E-state index is -3.12. The van der Waals surface area contributed by atoms with Gasteiger partial charge in [0.2, 0.25) is 5.91 Å². The fourth-order valence-electron chi connectivity index (χ4n) is 3.45. The van der Waals surface area contributed by atoms with E-state index < -0.39 is 16.4 Å². The molecule has 0 unspecified atom stereocenters. The highest BCUT2D eigenvalue weighted by atomic mass is 32.2. The van der Waals surface area contributed by atoms with Crippen molar-refractivity contribution in [3.63, 3.8) is 0 Å². The van der Waals surface area contributed by atoms with Crippen molar-refractivity contribution < 1.29 is 31.5 Å². The van der Waals surface area contributed by atoms with Crippen molar-refractivity contribution in [1.29, 1.82) is 0 Å². The van der Waals surface area contributed by atoms with E-state index in [0.29, 0.717) is 24.4 Å². The van der Waals surface area contributed by atoms with Gasteiger partial charge in [-0.1, -0.05) is 12.1 Å². The Morgan fingerprint density at radius 1 is 1.13 bits per heavy atom. The Kier molecular flexibility index (Phi) is 7.45. The van der Waals surface area contributed by atoms with Crippen LogP contribution in [0.3, 0.4) is 0 Å². The average Bonchev–Trinajstić information content (AvgIpc) is 3.09. The molecule has 1 heterocycles. The summed E-state index contributed by atoms with van der Waals surface area (Å²) in [5.41, 5.74) is 1.35. The first kappa shape index (κ1) is 23.0. The van der Waals surface area contributed by atoms with Crippen LogP contribution in [0, 0.1) is 0 Å². The van der Waals surface area contributed by atoms with Crippen molar-refractivity contribution in [3.05, 3.63) is 54.1 Å². The number of sulfone groups is 1. The number of anilines is 1. The lowest BCUT2D eigenvalue weighted by molar-refractivity contribution is -0.117. The van der Waals surface area contributed by atoms with Crippen LogP contribution in [-0.2, 0) is 21.2 Å². The summed E-state index contributed by atoms with van der Waals surface area (Å²) >= 11 is 0. The molecule has 7 nitrogen and oxygen atoms in total. The average molecular weight is 454 g/mol. The fourth-order valence-corrected chi connectivity index (χ4v) is 5.21. The Bertz CT molecular complexity index is 982. The number of nitrogens with one attached hydrogen (secondary N) is 1. The molecule has 0 radical (unpaired) electrons. The second-order valence-corrected chi connectivity index (χ2v) is 9.49. The molecule has 0 bridgehead atoms. The van der Waals surface area contributed by atoms with Crippen molar-refractivity contribution >= 4 is 21.4 Å².